The molecule has 0 aliphatic heterocycles. The highest BCUT2D eigenvalue weighted by Crippen LogP contribution is 2.57. The molecule has 2 saturated carbocycles. The smallest absolute Gasteiger partial charge is 0.148 e. The molecule has 1 nitrogen and oxygen atoms in total. The number of rotatable bonds is 2. The Morgan fingerprint density at radius 3 is 2.21 bits per heavy atom. The summed E-state index contributed by atoms with van der Waals surface area (Å²) in [7, 11) is 0. The summed E-state index contributed by atoms with van der Waals surface area (Å²) >= 11 is 17.1. The third-order valence-electron chi connectivity index (χ3n) is 4.44. The van der Waals surface area contributed by atoms with Gasteiger partial charge in [0.15, 0.2) is 0 Å². The molecule has 2 atom stereocenters. The fourth-order valence-corrected chi connectivity index (χ4v) is 6.28. The molecule has 0 heterocycles. The van der Waals surface area contributed by atoms with Crippen LogP contribution in [0.15, 0.2) is 25.6 Å². The lowest BCUT2D eigenvalue weighted by molar-refractivity contribution is -0.0364. The number of hydrogen-bond acceptors (Lipinski definition) is 1. The van der Waals surface area contributed by atoms with Crippen molar-refractivity contribution >= 4 is 59.4 Å². The molecule has 2 aliphatic rings. The van der Waals surface area contributed by atoms with Crippen LogP contribution < -0.4 is 4.74 Å². The van der Waals surface area contributed by atoms with Gasteiger partial charge in [-0.05, 0) is 56.8 Å². The number of ether oxygens (including phenoxy) is 1. The van der Waals surface area contributed by atoms with Gasteiger partial charge >= 0.3 is 0 Å². The van der Waals surface area contributed by atoms with E-state index in [-0.39, 0.29) is 16.9 Å². The molecule has 104 valence electrons. The fourth-order valence-electron chi connectivity index (χ4n) is 3.32. The zero-order chi connectivity index (χ0) is 13.6. The minimum Gasteiger partial charge on any atom is -0.487 e. The topological polar surface area (TPSA) is 9.23 Å². The molecule has 1 aromatic carbocycles. The standard InChI is InChI=1S/C14H14Br3ClO/c15-8-5-9(16)13(10(17)6-8)19-12-7-11(18)14(12)3-1-2-4-14/h5-6,11-12H,1-4,7H2. The van der Waals surface area contributed by atoms with Gasteiger partial charge in [0.1, 0.15) is 11.9 Å². The summed E-state index contributed by atoms with van der Waals surface area (Å²) in [6.45, 7) is 0. The van der Waals surface area contributed by atoms with Crippen LogP contribution in [0.1, 0.15) is 32.1 Å². The normalized spacial score (nSPS) is 28.4. The van der Waals surface area contributed by atoms with Crippen LogP contribution in [0.2, 0.25) is 0 Å². The highest BCUT2D eigenvalue weighted by atomic mass is 79.9. The highest BCUT2D eigenvalue weighted by molar-refractivity contribution is 9.11. The molecule has 0 aromatic heterocycles. The molecule has 0 N–H and O–H groups in total. The first-order valence-corrected chi connectivity index (χ1v) is 9.30. The van der Waals surface area contributed by atoms with Crippen molar-refractivity contribution < 1.29 is 4.74 Å². The first-order valence-electron chi connectivity index (χ1n) is 6.48. The summed E-state index contributed by atoms with van der Waals surface area (Å²) in [5.41, 5.74) is 0.216. The number of halogens is 4. The van der Waals surface area contributed by atoms with Crippen LogP contribution >= 0.6 is 59.4 Å². The lowest BCUT2D eigenvalue weighted by Crippen LogP contribution is -2.55. The quantitative estimate of drug-likeness (QED) is 0.459. The van der Waals surface area contributed by atoms with E-state index in [0.717, 1.165) is 25.6 Å². The van der Waals surface area contributed by atoms with Gasteiger partial charge in [0.2, 0.25) is 0 Å². The minimum absolute atomic E-state index is 0.216. The lowest BCUT2D eigenvalue weighted by Gasteiger charge is -2.51. The zero-order valence-corrected chi connectivity index (χ0v) is 15.8. The van der Waals surface area contributed by atoms with Crippen molar-refractivity contribution in [1.82, 2.24) is 0 Å². The highest BCUT2D eigenvalue weighted by Gasteiger charge is 2.57. The second-order valence-corrected chi connectivity index (χ2v) is 8.60. The maximum Gasteiger partial charge on any atom is 0.148 e. The summed E-state index contributed by atoms with van der Waals surface area (Å²) in [5, 5.41) is 0.285. The third-order valence-corrected chi connectivity index (χ3v) is 6.69. The molecule has 2 aliphatic carbocycles. The summed E-state index contributed by atoms with van der Waals surface area (Å²) in [5.74, 6) is 0.892. The SMILES string of the molecule is ClC1CC(Oc2c(Br)cc(Br)cc2Br)C12CCCC2. The third kappa shape index (κ3) is 2.51. The van der Waals surface area contributed by atoms with Crippen LogP contribution in [0.4, 0.5) is 0 Å². The maximum absolute atomic E-state index is 6.47. The maximum atomic E-state index is 6.47. The second-order valence-electron chi connectivity index (χ2n) is 5.45. The largest absolute Gasteiger partial charge is 0.487 e. The van der Waals surface area contributed by atoms with Gasteiger partial charge in [-0.1, -0.05) is 28.8 Å². The monoisotopic (exact) mass is 470 g/mol. The Kier molecular flexibility index (Phi) is 4.25. The average Bonchev–Trinajstić information content (AvgIpc) is 2.84. The average molecular weight is 473 g/mol. The Labute approximate surface area is 143 Å². The van der Waals surface area contributed by atoms with E-state index >= 15 is 0 Å². The molecule has 1 aromatic rings. The van der Waals surface area contributed by atoms with Crippen molar-refractivity contribution in [2.75, 3.05) is 0 Å². The Balaban J connectivity index is 1.83. The van der Waals surface area contributed by atoms with Crippen molar-refractivity contribution in [2.24, 2.45) is 5.41 Å². The molecule has 0 radical (unpaired) electrons. The first kappa shape index (κ1) is 14.7. The van der Waals surface area contributed by atoms with Crippen LogP contribution in [0, 0.1) is 5.41 Å². The summed E-state index contributed by atoms with van der Waals surface area (Å²) in [6.07, 6.45) is 6.19. The summed E-state index contributed by atoms with van der Waals surface area (Å²) in [6, 6.07) is 4.02. The number of benzene rings is 1. The molecule has 0 saturated heterocycles. The van der Waals surface area contributed by atoms with Crippen LogP contribution in [0.5, 0.6) is 5.75 Å². The molecule has 0 amide bonds. The van der Waals surface area contributed by atoms with Crippen molar-refractivity contribution in [2.45, 2.75) is 43.6 Å². The molecule has 2 unspecified atom stereocenters. The van der Waals surface area contributed by atoms with Gasteiger partial charge in [0.05, 0.1) is 8.95 Å². The van der Waals surface area contributed by atoms with Crippen molar-refractivity contribution in [1.29, 1.82) is 0 Å². The predicted octanol–water partition coefficient (Wildman–Crippen LogP) is 6.29. The zero-order valence-electron chi connectivity index (χ0n) is 10.3. The number of alkyl halides is 1. The molecule has 1 spiro atoms. The van der Waals surface area contributed by atoms with E-state index in [9.17, 15) is 0 Å². The van der Waals surface area contributed by atoms with E-state index in [1.165, 1.54) is 25.7 Å². The Bertz CT molecular complexity index is 476. The van der Waals surface area contributed by atoms with Gasteiger partial charge < -0.3 is 4.74 Å². The van der Waals surface area contributed by atoms with E-state index in [2.05, 4.69) is 47.8 Å². The van der Waals surface area contributed by atoms with Gasteiger partial charge in [-0.25, -0.2) is 0 Å². The Hall–Kier alpha value is 0.750. The second kappa shape index (κ2) is 5.51. The Morgan fingerprint density at radius 1 is 1.11 bits per heavy atom. The molecular formula is C14H14Br3ClO. The molecule has 19 heavy (non-hydrogen) atoms. The van der Waals surface area contributed by atoms with Gasteiger partial charge in [0.25, 0.3) is 0 Å². The molecule has 3 rings (SSSR count). The van der Waals surface area contributed by atoms with Crippen molar-refractivity contribution in [3.63, 3.8) is 0 Å². The van der Waals surface area contributed by atoms with Crippen molar-refractivity contribution in [3.8, 4) is 5.75 Å². The van der Waals surface area contributed by atoms with Crippen LogP contribution in [-0.2, 0) is 0 Å². The van der Waals surface area contributed by atoms with E-state index in [0.29, 0.717) is 0 Å². The fraction of sp³-hybridized carbons (Fsp3) is 0.571. The van der Waals surface area contributed by atoms with E-state index in [1.807, 2.05) is 12.1 Å². The van der Waals surface area contributed by atoms with Crippen LogP contribution in [0.25, 0.3) is 0 Å². The van der Waals surface area contributed by atoms with E-state index < -0.39 is 0 Å². The Morgan fingerprint density at radius 2 is 1.68 bits per heavy atom. The molecular weight excluding hydrogens is 459 g/mol. The molecule has 5 heteroatoms. The van der Waals surface area contributed by atoms with Gasteiger partial charge in [0, 0.05) is 21.7 Å². The molecule has 2 fully saturated rings. The van der Waals surface area contributed by atoms with E-state index in [1.54, 1.807) is 0 Å². The molecule has 0 bridgehead atoms. The summed E-state index contributed by atoms with van der Waals surface area (Å²) in [4.78, 5) is 0. The summed E-state index contributed by atoms with van der Waals surface area (Å²) < 4.78 is 9.25. The minimum atomic E-state index is 0.216. The van der Waals surface area contributed by atoms with Crippen molar-refractivity contribution in [3.05, 3.63) is 25.6 Å². The van der Waals surface area contributed by atoms with Crippen LogP contribution in [-0.4, -0.2) is 11.5 Å². The van der Waals surface area contributed by atoms with Gasteiger partial charge in [-0.3, -0.25) is 0 Å². The first-order chi connectivity index (χ1) is 9.03. The number of hydrogen-bond donors (Lipinski definition) is 0. The van der Waals surface area contributed by atoms with Gasteiger partial charge in [-0.15, -0.1) is 11.6 Å². The van der Waals surface area contributed by atoms with Gasteiger partial charge in [-0.2, -0.15) is 0 Å². The van der Waals surface area contributed by atoms with E-state index in [4.69, 9.17) is 16.3 Å². The van der Waals surface area contributed by atoms with Crippen LogP contribution in [0.3, 0.4) is 0 Å². The lowest BCUT2D eigenvalue weighted by atomic mass is 9.64. The predicted molar refractivity (Wildman–Crippen MR) is 89.1 cm³/mol.